The molecule has 0 spiro atoms. The van der Waals surface area contributed by atoms with E-state index in [1.165, 1.54) is 0 Å². The lowest BCUT2D eigenvalue weighted by molar-refractivity contribution is 0.0934. The van der Waals surface area contributed by atoms with E-state index >= 15 is 0 Å². The molecule has 0 amide bonds. The van der Waals surface area contributed by atoms with Gasteiger partial charge in [-0.25, -0.2) is 15.0 Å². The zero-order chi connectivity index (χ0) is 19.2. The number of hydrogen-bond acceptors (Lipinski definition) is 7. The first-order chi connectivity index (χ1) is 14.4. The Kier molecular flexibility index (Phi) is 3.76. The second-order valence-electron chi connectivity index (χ2n) is 7.38. The molecule has 2 aliphatic heterocycles. The summed E-state index contributed by atoms with van der Waals surface area (Å²) in [4.78, 5) is 21.9. The van der Waals surface area contributed by atoms with Crippen molar-refractivity contribution in [2.24, 2.45) is 0 Å². The molecule has 4 aromatic rings. The molecular weight excluding hydrogens is 368 g/mol. The number of rotatable bonds is 3. The van der Waals surface area contributed by atoms with Crippen LogP contribution in [0.5, 0.6) is 0 Å². The van der Waals surface area contributed by atoms with Crippen molar-refractivity contribution in [2.75, 3.05) is 36.1 Å². The Labute approximate surface area is 167 Å². The van der Waals surface area contributed by atoms with Crippen molar-refractivity contribution in [3.8, 4) is 11.4 Å². The topological polar surface area (TPSA) is 83.3 Å². The normalized spacial score (nSPS) is 18.7. The van der Waals surface area contributed by atoms with Crippen molar-refractivity contribution >= 4 is 22.4 Å². The van der Waals surface area contributed by atoms with Crippen LogP contribution in [0.25, 0.3) is 22.3 Å². The Morgan fingerprint density at radius 1 is 1.21 bits per heavy atom. The van der Waals surface area contributed by atoms with E-state index in [4.69, 9.17) is 19.1 Å². The Morgan fingerprint density at radius 3 is 3.14 bits per heavy atom. The van der Waals surface area contributed by atoms with Gasteiger partial charge in [-0.3, -0.25) is 0 Å². The first-order valence-electron chi connectivity index (χ1n) is 9.78. The van der Waals surface area contributed by atoms with Crippen molar-refractivity contribution < 1.29 is 9.15 Å². The van der Waals surface area contributed by atoms with Gasteiger partial charge < -0.3 is 23.9 Å². The number of benzene rings is 1. The summed E-state index contributed by atoms with van der Waals surface area (Å²) < 4.78 is 11.2. The zero-order valence-electron chi connectivity index (χ0n) is 15.8. The van der Waals surface area contributed by atoms with Gasteiger partial charge in [-0.1, -0.05) is 12.1 Å². The lowest BCUT2D eigenvalue weighted by Crippen LogP contribution is -2.55. The summed E-state index contributed by atoms with van der Waals surface area (Å²) in [7, 11) is 0. The van der Waals surface area contributed by atoms with Crippen molar-refractivity contribution in [3.05, 3.63) is 55.0 Å². The second-order valence-corrected chi connectivity index (χ2v) is 7.38. The van der Waals surface area contributed by atoms with Crippen LogP contribution < -0.4 is 9.80 Å². The highest BCUT2D eigenvalue weighted by atomic mass is 16.5. The third-order valence-electron chi connectivity index (χ3n) is 5.67. The number of fused-ring (bicyclic) bond motifs is 4. The maximum absolute atomic E-state index is 5.74. The highest BCUT2D eigenvalue weighted by molar-refractivity contribution is 5.93. The summed E-state index contributed by atoms with van der Waals surface area (Å²) in [5, 5.41) is 1.12. The smallest absolute Gasteiger partial charge is 0.213 e. The van der Waals surface area contributed by atoms with Gasteiger partial charge in [0.05, 0.1) is 43.9 Å². The predicted octanol–water partition coefficient (Wildman–Crippen LogP) is 2.84. The van der Waals surface area contributed by atoms with E-state index in [0.29, 0.717) is 25.6 Å². The number of aromatic nitrogens is 4. The molecule has 1 atom stereocenters. The zero-order valence-corrected chi connectivity index (χ0v) is 15.8. The molecule has 29 heavy (non-hydrogen) atoms. The van der Waals surface area contributed by atoms with Crippen LogP contribution >= 0.6 is 0 Å². The second kappa shape index (κ2) is 6.59. The number of hydrogen-bond donors (Lipinski definition) is 1. The summed E-state index contributed by atoms with van der Waals surface area (Å²) in [5.74, 6) is 2.37. The third-order valence-corrected chi connectivity index (χ3v) is 5.67. The van der Waals surface area contributed by atoms with Gasteiger partial charge in [-0.15, -0.1) is 0 Å². The van der Waals surface area contributed by atoms with Gasteiger partial charge in [-0.2, -0.15) is 0 Å². The molecule has 0 radical (unpaired) electrons. The highest BCUT2D eigenvalue weighted by Crippen LogP contribution is 2.37. The maximum Gasteiger partial charge on any atom is 0.213 e. The van der Waals surface area contributed by atoms with Gasteiger partial charge >= 0.3 is 0 Å². The van der Waals surface area contributed by atoms with E-state index in [1.807, 2.05) is 18.5 Å². The van der Waals surface area contributed by atoms with E-state index in [9.17, 15) is 0 Å². The number of aromatic amines is 1. The Balaban J connectivity index is 1.46. The van der Waals surface area contributed by atoms with Gasteiger partial charge in [0.15, 0.2) is 11.6 Å². The molecule has 0 bridgehead atoms. The average Bonchev–Trinajstić information content (AvgIpc) is 3.45. The van der Waals surface area contributed by atoms with E-state index in [0.717, 1.165) is 46.9 Å². The van der Waals surface area contributed by atoms with Gasteiger partial charge in [-0.05, 0) is 12.1 Å². The van der Waals surface area contributed by atoms with E-state index in [-0.39, 0.29) is 6.04 Å². The Hall–Kier alpha value is -3.39. The molecule has 8 heteroatoms. The fourth-order valence-corrected chi connectivity index (χ4v) is 4.29. The minimum Gasteiger partial charge on any atom is -0.447 e. The molecule has 1 saturated heterocycles. The van der Waals surface area contributed by atoms with Crippen LogP contribution in [0, 0.1) is 0 Å². The minimum atomic E-state index is 0.247. The van der Waals surface area contributed by atoms with Crippen LogP contribution in [-0.2, 0) is 11.3 Å². The molecule has 3 aromatic heterocycles. The van der Waals surface area contributed by atoms with Gasteiger partial charge in [0, 0.05) is 35.8 Å². The predicted molar refractivity (Wildman–Crippen MR) is 109 cm³/mol. The monoisotopic (exact) mass is 388 g/mol. The van der Waals surface area contributed by atoms with E-state index in [1.54, 1.807) is 12.5 Å². The van der Waals surface area contributed by atoms with Crippen LogP contribution in [0.3, 0.4) is 0 Å². The largest absolute Gasteiger partial charge is 0.447 e. The van der Waals surface area contributed by atoms with Gasteiger partial charge in [0.2, 0.25) is 5.89 Å². The molecular formula is C21H20N6O2. The van der Waals surface area contributed by atoms with Crippen LogP contribution in [0.15, 0.2) is 53.5 Å². The molecule has 1 N–H and O–H groups in total. The molecule has 0 saturated carbocycles. The first kappa shape index (κ1) is 16.6. The fraction of sp³-hybridized carbons (Fsp3) is 0.286. The van der Waals surface area contributed by atoms with Crippen LogP contribution in [0.1, 0.15) is 5.89 Å². The standard InChI is InChI=1S/C21H20N6O2/c1-2-16(15-4-5-22-17(15)3-1)20-24-10-18-21(25-20)27-7-9-28-13-14(27)11-26(18)12-19-23-6-8-29-19/h1-6,8,10,14,22H,7,9,11-13H2. The molecule has 0 aliphatic carbocycles. The molecule has 146 valence electrons. The summed E-state index contributed by atoms with van der Waals surface area (Å²) in [6, 6.07) is 8.48. The number of morpholine rings is 1. The fourth-order valence-electron chi connectivity index (χ4n) is 4.29. The number of nitrogens with zero attached hydrogens (tertiary/aromatic N) is 5. The van der Waals surface area contributed by atoms with Crippen LogP contribution in [-0.4, -0.2) is 52.3 Å². The van der Waals surface area contributed by atoms with Crippen molar-refractivity contribution in [1.82, 2.24) is 19.9 Å². The summed E-state index contributed by atoms with van der Waals surface area (Å²) >= 11 is 0. The lowest BCUT2D eigenvalue weighted by Gasteiger charge is -2.45. The molecule has 6 rings (SSSR count). The highest BCUT2D eigenvalue weighted by Gasteiger charge is 2.35. The SMILES string of the molecule is c1cc(-c2ncc3c(n2)N2CCOCC2CN3Cc2ncco2)c2cc[nH]c2c1. The number of ether oxygens (including phenoxy) is 1. The Bertz CT molecular complexity index is 1160. The molecule has 5 heterocycles. The maximum atomic E-state index is 5.74. The summed E-state index contributed by atoms with van der Waals surface area (Å²) in [6.07, 6.45) is 7.15. The minimum absolute atomic E-state index is 0.247. The summed E-state index contributed by atoms with van der Waals surface area (Å²) in [5.41, 5.74) is 3.12. The quantitative estimate of drug-likeness (QED) is 0.578. The summed E-state index contributed by atoms with van der Waals surface area (Å²) in [6.45, 7) is 3.64. The average molecular weight is 388 g/mol. The van der Waals surface area contributed by atoms with Gasteiger partial charge in [0.25, 0.3) is 0 Å². The van der Waals surface area contributed by atoms with E-state index < -0.39 is 0 Å². The lowest BCUT2D eigenvalue weighted by atomic mass is 10.1. The van der Waals surface area contributed by atoms with Crippen molar-refractivity contribution in [2.45, 2.75) is 12.6 Å². The molecule has 1 unspecified atom stereocenters. The van der Waals surface area contributed by atoms with E-state index in [2.05, 4.69) is 38.0 Å². The third kappa shape index (κ3) is 2.75. The molecule has 8 nitrogen and oxygen atoms in total. The van der Waals surface area contributed by atoms with Crippen molar-refractivity contribution in [1.29, 1.82) is 0 Å². The van der Waals surface area contributed by atoms with Crippen LogP contribution in [0.4, 0.5) is 11.5 Å². The number of H-pyrrole nitrogens is 1. The van der Waals surface area contributed by atoms with Gasteiger partial charge in [0.1, 0.15) is 6.26 Å². The number of oxazole rings is 1. The number of nitrogens with one attached hydrogen (secondary N) is 1. The molecule has 1 fully saturated rings. The molecule has 2 aliphatic rings. The number of anilines is 2. The Morgan fingerprint density at radius 2 is 2.21 bits per heavy atom. The van der Waals surface area contributed by atoms with Crippen LogP contribution in [0.2, 0.25) is 0 Å². The first-order valence-corrected chi connectivity index (χ1v) is 9.78. The molecule has 1 aromatic carbocycles. The van der Waals surface area contributed by atoms with Crippen molar-refractivity contribution in [3.63, 3.8) is 0 Å².